The molecule has 0 amide bonds. The van der Waals surface area contributed by atoms with Crippen LogP contribution in [0.1, 0.15) is 51.6 Å². The van der Waals surface area contributed by atoms with Crippen LogP contribution in [0.5, 0.6) is 0 Å². The molecule has 23 heavy (non-hydrogen) atoms. The van der Waals surface area contributed by atoms with E-state index in [0.29, 0.717) is 11.8 Å². The van der Waals surface area contributed by atoms with Crippen molar-refractivity contribution >= 4 is 11.6 Å². The standard InChI is InChI=1S/C17H28N6/c1-3-5-9-22-10-7-14(8-11-22)20-16-12-15(6-4-2)21-17-18-13-19-23(16)17/h12-14,20H,3-11H2,1-2H3. The highest BCUT2D eigenvalue weighted by Crippen LogP contribution is 2.18. The summed E-state index contributed by atoms with van der Waals surface area (Å²) in [5.41, 5.74) is 1.09. The average molecular weight is 316 g/mol. The van der Waals surface area contributed by atoms with E-state index < -0.39 is 0 Å². The maximum atomic E-state index is 4.57. The molecule has 0 aliphatic carbocycles. The molecule has 0 aromatic carbocycles. The number of hydrogen-bond donors (Lipinski definition) is 1. The number of aromatic nitrogens is 4. The van der Waals surface area contributed by atoms with E-state index in [2.05, 4.69) is 45.2 Å². The van der Waals surface area contributed by atoms with Gasteiger partial charge in [0.05, 0.1) is 0 Å². The van der Waals surface area contributed by atoms with E-state index >= 15 is 0 Å². The van der Waals surface area contributed by atoms with Gasteiger partial charge in [0.25, 0.3) is 5.78 Å². The molecule has 1 aliphatic rings. The fourth-order valence-corrected chi connectivity index (χ4v) is 3.24. The smallest absolute Gasteiger partial charge is 0.254 e. The number of nitrogens with one attached hydrogen (secondary N) is 1. The monoisotopic (exact) mass is 316 g/mol. The molecule has 3 heterocycles. The van der Waals surface area contributed by atoms with Gasteiger partial charge in [-0.1, -0.05) is 26.7 Å². The van der Waals surface area contributed by atoms with Crippen molar-refractivity contribution in [3.05, 3.63) is 18.1 Å². The molecule has 2 aromatic rings. The van der Waals surface area contributed by atoms with Gasteiger partial charge < -0.3 is 10.2 Å². The molecule has 0 saturated carbocycles. The van der Waals surface area contributed by atoms with Crippen molar-refractivity contribution in [1.82, 2.24) is 24.5 Å². The van der Waals surface area contributed by atoms with Crippen LogP contribution < -0.4 is 5.32 Å². The Balaban J connectivity index is 1.66. The maximum absolute atomic E-state index is 4.57. The molecular weight excluding hydrogens is 288 g/mol. The predicted octanol–water partition coefficient (Wildman–Crippen LogP) is 2.75. The van der Waals surface area contributed by atoms with Gasteiger partial charge in [-0.25, -0.2) is 4.98 Å². The Morgan fingerprint density at radius 2 is 2.04 bits per heavy atom. The predicted molar refractivity (Wildman–Crippen MR) is 92.8 cm³/mol. The summed E-state index contributed by atoms with van der Waals surface area (Å²) < 4.78 is 1.82. The molecule has 126 valence electrons. The summed E-state index contributed by atoms with van der Waals surface area (Å²) in [6, 6.07) is 2.64. The normalized spacial score (nSPS) is 17.0. The van der Waals surface area contributed by atoms with Crippen LogP contribution in [0.4, 0.5) is 5.82 Å². The molecule has 0 radical (unpaired) electrons. The number of likely N-dealkylation sites (tertiary alicyclic amines) is 1. The van der Waals surface area contributed by atoms with Gasteiger partial charge in [0, 0.05) is 30.9 Å². The van der Waals surface area contributed by atoms with Crippen molar-refractivity contribution in [3.63, 3.8) is 0 Å². The van der Waals surface area contributed by atoms with Gasteiger partial charge in [0.1, 0.15) is 12.1 Å². The zero-order valence-corrected chi connectivity index (χ0v) is 14.3. The lowest BCUT2D eigenvalue weighted by molar-refractivity contribution is 0.216. The number of fused-ring (bicyclic) bond motifs is 1. The Hall–Kier alpha value is -1.69. The van der Waals surface area contributed by atoms with E-state index in [9.17, 15) is 0 Å². The maximum Gasteiger partial charge on any atom is 0.254 e. The van der Waals surface area contributed by atoms with Gasteiger partial charge in [-0.15, -0.1) is 0 Å². The largest absolute Gasteiger partial charge is 0.367 e. The number of hydrogen-bond acceptors (Lipinski definition) is 5. The number of piperidine rings is 1. The first kappa shape index (κ1) is 16.2. The summed E-state index contributed by atoms with van der Waals surface area (Å²) in [5, 5.41) is 7.99. The molecule has 6 heteroatoms. The molecule has 2 aromatic heterocycles. The molecule has 1 saturated heterocycles. The Kier molecular flexibility index (Phi) is 5.43. The lowest BCUT2D eigenvalue weighted by atomic mass is 10.0. The van der Waals surface area contributed by atoms with Crippen LogP contribution in [0.2, 0.25) is 0 Å². The van der Waals surface area contributed by atoms with Crippen molar-refractivity contribution in [2.75, 3.05) is 25.0 Å². The highest BCUT2D eigenvalue weighted by Gasteiger charge is 2.20. The summed E-state index contributed by atoms with van der Waals surface area (Å²) in [4.78, 5) is 11.4. The van der Waals surface area contributed by atoms with Gasteiger partial charge in [-0.2, -0.15) is 14.6 Å². The van der Waals surface area contributed by atoms with E-state index in [1.807, 2.05) is 4.52 Å². The molecule has 0 atom stereocenters. The summed E-state index contributed by atoms with van der Waals surface area (Å²) in [6.45, 7) is 8.05. The fourth-order valence-electron chi connectivity index (χ4n) is 3.24. The fraction of sp³-hybridized carbons (Fsp3) is 0.706. The van der Waals surface area contributed by atoms with Crippen molar-refractivity contribution in [2.24, 2.45) is 0 Å². The minimum absolute atomic E-state index is 0.511. The Bertz CT molecular complexity index is 615. The van der Waals surface area contributed by atoms with Crippen molar-refractivity contribution in [2.45, 2.75) is 58.4 Å². The van der Waals surface area contributed by atoms with Crippen LogP contribution in [0.3, 0.4) is 0 Å². The third kappa shape index (κ3) is 3.99. The summed E-state index contributed by atoms with van der Waals surface area (Å²) in [6.07, 6.45) is 8.61. The van der Waals surface area contributed by atoms with Crippen LogP contribution in [-0.2, 0) is 6.42 Å². The number of anilines is 1. The van der Waals surface area contributed by atoms with Gasteiger partial charge in [0.15, 0.2) is 0 Å². The zero-order chi connectivity index (χ0) is 16.1. The molecule has 0 bridgehead atoms. The van der Waals surface area contributed by atoms with Crippen molar-refractivity contribution in [1.29, 1.82) is 0 Å². The second-order valence-electron chi connectivity index (χ2n) is 6.47. The highest BCUT2D eigenvalue weighted by atomic mass is 15.4. The van der Waals surface area contributed by atoms with E-state index in [-0.39, 0.29) is 0 Å². The highest BCUT2D eigenvalue weighted by molar-refractivity contribution is 5.45. The first-order valence-corrected chi connectivity index (χ1v) is 8.98. The summed E-state index contributed by atoms with van der Waals surface area (Å²) in [7, 11) is 0. The molecule has 0 spiro atoms. The minimum Gasteiger partial charge on any atom is -0.367 e. The van der Waals surface area contributed by atoms with Crippen molar-refractivity contribution in [3.8, 4) is 0 Å². The molecule has 0 unspecified atom stereocenters. The Morgan fingerprint density at radius 3 is 2.78 bits per heavy atom. The number of unbranched alkanes of at least 4 members (excludes halogenated alkanes) is 1. The second kappa shape index (κ2) is 7.73. The number of rotatable bonds is 7. The molecular formula is C17H28N6. The summed E-state index contributed by atoms with van der Waals surface area (Å²) in [5.74, 6) is 1.72. The topological polar surface area (TPSA) is 58.3 Å². The number of aryl methyl sites for hydroxylation is 1. The summed E-state index contributed by atoms with van der Waals surface area (Å²) >= 11 is 0. The first-order valence-electron chi connectivity index (χ1n) is 8.98. The third-order valence-electron chi connectivity index (χ3n) is 4.58. The molecule has 1 fully saturated rings. The van der Waals surface area contributed by atoms with Gasteiger partial charge in [0.2, 0.25) is 0 Å². The van der Waals surface area contributed by atoms with Crippen LogP contribution in [0.15, 0.2) is 12.4 Å². The van der Waals surface area contributed by atoms with E-state index in [0.717, 1.165) is 24.4 Å². The lowest BCUT2D eigenvalue weighted by Crippen LogP contribution is -2.39. The minimum atomic E-state index is 0.511. The average Bonchev–Trinajstić information content (AvgIpc) is 3.03. The third-order valence-corrected chi connectivity index (χ3v) is 4.58. The van der Waals surface area contributed by atoms with E-state index in [1.165, 1.54) is 45.3 Å². The molecule has 1 aliphatic heterocycles. The van der Waals surface area contributed by atoms with Gasteiger partial charge in [-0.3, -0.25) is 0 Å². The Labute approximate surface area is 138 Å². The molecule has 1 N–H and O–H groups in total. The molecule has 6 nitrogen and oxygen atoms in total. The SMILES string of the molecule is CCCCN1CCC(Nc2cc(CCC)nc3ncnn23)CC1. The van der Waals surface area contributed by atoms with Crippen LogP contribution in [0, 0.1) is 0 Å². The molecule has 3 rings (SSSR count). The zero-order valence-electron chi connectivity index (χ0n) is 14.3. The van der Waals surface area contributed by atoms with E-state index in [4.69, 9.17) is 0 Å². The van der Waals surface area contributed by atoms with Gasteiger partial charge >= 0.3 is 0 Å². The quantitative estimate of drug-likeness (QED) is 0.851. The second-order valence-corrected chi connectivity index (χ2v) is 6.47. The Morgan fingerprint density at radius 1 is 1.22 bits per heavy atom. The van der Waals surface area contributed by atoms with Gasteiger partial charge in [-0.05, 0) is 32.2 Å². The van der Waals surface area contributed by atoms with Crippen molar-refractivity contribution < 1.29 is 0 Å². The van der Waals surface area contributed by atoms with Crippen LogP contribution in [0.25, 0.3) is 5.78 Å². The van der Waals surface area contributed by atoms with E-state index in [1.54, 1.807) is 6.33 Å². The lowest BCUT2D eigenvalue weighted by Gasteiger charge is -2.32. The van der Waals surface area contributed by atoms with Crippen LogP contribution >= 0.6 is 0 Å². The first-order chi connectivity index (χ1) is 11.3. The number of nitrogens with zero attached hydrogens (tertiary/aromatic N) is 5. The van der Waals surface area contributed by atoms with Crippen LogP contribution in [-0.4, -0.2) is 50.2 Å².